The van der Waals surface area contributed by atoms with Crippen LogP contribution >= 0.6 is 0 Å². The van der Waals surface area contributed by atoms with E-state index in [1.807, 2.05) is 0 Å². The molecule has 3 N–H and O–H groups in total. The summed E-state index contributed by atoms with van der Waals surface area (Å²) in [4.78, 5) is 11.8. The molecule has 0 atom stereocenters. The van der Waals surface area contributed by atoms with Crippen molar-refractivity contribution in [2.24, 2.45) is 0 Å². The maximum atomic E-state index is 13.1. The lowest BCUT2D eigenvalue weighted by molar-refractivity contribution is 0.0470. The average Bonchev–Trinajstić information content (AvgIpc) is 2.17. The number of rotatable bonds is 2. The predicted molar refractivity (Wildman–Crippen MR) is 73.2 cm³/mol. The van der Waals surface area contributed by atoms with Crippen molar-refractivity contribution in [3.8, 4) is 0 Å². The van der Waals surface area contributed by atoms with Gasteiger partial charge in [0.25, 0.3) is 0 Å². The summed E-state index contributed by atoms with van der Waals surface area (Å²) in [7, 11) is 0. The zero-order valence-electron chi connectivity index (χ0n) is 12.0. The lowest BCUT2D eigenvalue weighted by Crippen LogP contribution is -2.43. The number of nitrogens with two attached hydrogens (primary N) is 1. The summed E-state index contributed by atoms with van der Waals surface area (Å²) in [5, 5.41) is 2.74. The van der Waals surface area contributed by atoms with Gasteiger partial charge in [-0.2, -0.15) is 0 Å². The van der Waals surface area contributed by atoms with Gasteiger partial charge in [0.1, 0.15) is 11.4 Å². The summed E-state index contributed by atoms with van der Waals surface area (Å²) in [5.74, 6) is -0.475. The number of anilines is 1. The van der Waals surface area contributed by atoms with E-state index in [4.69, 9.17) is 10.5 Å². The van der Waals surface area contributed by atoms with Crippen molar-refractivity contribution in [2.75, 3.05) is 5.73 Å². The van der Waals surface area contributed by atoms with Crippen LogP contribution in [0.2, 0.25) is 0 Å². The highest BCUT2D eigenvalue weighted by atomic mass is 19.1. The Balaban J connectivity index is 2.86. The van der Waals surface area contributed by atoms with E-state index in [9.17, 15) is 9.18 Å². The van der Waals surface area contributed by atoms with Crippen LogP contribution < -0.4 is 11.1 Å². The Kier molecular flexibility index (Phi) is 4.08. The number of hydrogen-bond acceptors (Lipinski definition) is 3. The van der Waals surface area contributed by atoms with E-state index in [-0.39, 0.29) is 5.69 Å². The normalized spacial score (nSPS) is 12.1. The minimum absolute atomic E-state index is 0.0524. The molecule has 0 bridgehead atoms. The van der Waals surface area contributed by atoms with Crippen LogP contribution in [-0.2, 0) is 10.3 Å². The summed E-state index contributed by atoms with van der Waals surface area (Å²) < 4.78 is 18.3. The second kappa shape index (κ2) is 5.07. The summed E-state index contributed by atoms with van der Waals surface area (Å²) in [6.07, 6.45) is -0.527. The molecule has 1 rings (SSSR count). The van der Waals surface area contributed by atoms with Crippen LogP contribution in [0.1, 0.15) is 40.2 Å². The Hall–Kier alpha value is -1.78. The number of halogens is 1. The Labute approximate surface area is 113 Å². The number of nitrogens with one attached hydrogen (secondary N) is 1. The largest absolute Gasteiger partial charge is 0.444 e. The molecule has 1 amide bonds. The smallest absolute Gasteiger partial charge is 0.408 e. The molecule has 0 saturated heterocycles. The van der Waals surface area contributed by atoms with E-state index in [2.05, 4.69) is 5.32 Å². The lowest BCUT2D eigenvalue weighted by atomic mass is 9.94. The van der Waals surface area contributed by atoms with Gasteiger partial charge in [-0.1, -0.05) is 6.07 Å². The van der Waals surface area contributed by atoms with Gasteiger partial charge in [0.15, 0.2) is 0 Å². The topological polar surface area (TPSA) is 64.3 Å². The third kappa shape index (κ3) is 4.43. The molecule has 0 unspecified atom stereocenters. The van der Waals surface area contributed by atoms with Crippen LogP contribution in [0.5, 0.6) is 0 Å². The van der Waals surface area contributed by atoms with Gasteiger partial charge in [-0.3, -0.25) is 0 Å². The van der Waals surface area contributed by atoms with Gasteiger partial charge in [0, 0.05) is 0 Å². The fourth-order valence-electron chi connectivity index (χ4n) is 1.56. The van der Waals surface area contributed by atoms with E-state index in [1.54, 1.807) is 40.7 Å². The summed E-state index contributed by atoms with van der Waals surface area (Å²) in [5.41, 5.74) is 5.02. The molecule has 0 aliphatic heterocycles. The van der Waals surface area contributed by atoms with Crippen molar-refractivity contribution in [2.45, 2.75) is 45.8 Å². The van der Waals surface area contributed by atoms with E-state index >= 15 is 0 Å². The Bertz CT molecular complexity index is 479. The predicted octanol–water partition coefficient (Wildman–Crippen LogP) is 3.17. The second-order valence-electron chi connectivity index (χ2n) is 5.99. The van der Waals surface area contributed by atoms with Crippen LogP contribution in [0.15, 0.2) is 18.2 Å². The van der Waals surface area contributed by atoms with Crippen molar-refractivity contribution in [1.29, 1.82) is 0 Å². The van der Waals surface area contributed by atoms with Crippen molar-refractivity contribution >= 4 is 11.8 Å². The molecule has 0 radical (unpaired) electrons. The molecule has 4 nitrogen and oxygen atoms in total. The minimum atomic E-state index is -0.704. The second-order valence-corrected chi connectivity index (χ2v) is 5.99. The van der Waals surface area contributed by atoms with Gasteiger partial charge in [-0.25, -0.2) is 9.18 Å². The van der Waals surface area contributed by atoms with Crippen LogP contribution in [0, 0.1) is 5.82 Å². The molecule has 0 saturated carbocycles. The number of carbonyl (C=O) groups excluding carboxylic acids is 1. The molecule has 0 aromatic heterocycles. The first-order valence-electron chi connectivity index (χ1n) is 6.08. The minimum Gasteiger partial charge on any atom is -0.444 e. The highest BCUT2D eigenvalue weighted by Gasteiger charge is 2.26. The first kappa shape index (κ1) is 15.3. The van der Waals surface area contributed by atoms with E-state index < -0.39 is 23.1 Å². The van der Waals surface area contributed by atoms with Crippen LogP contribution in [-0.4, -0.2) is 11.7 Å². The third-order valence-corrected chi connectivity index (χ3v) is 2.53. The SMILES string of the molecule is CC(C)(C)OC(=O)NC(C)(C)c1ccc(F)c(N)c1. The maximum Gasteiger partial charge on any atom is 0.408 e. The Morgan fingerprint density at radius 2 is 1.84 bits per heavy atom. The van der Waals surface area contributed by atoms with E-state index in [0.717, 1.165) is 0 Å². The van der Waals surface area contributed by atoms with Gasteiger partial charge in [0.2, 0.25) is 0 Å². The molecular formula is C14H21FN2O2. The van der Waals surface area contributed by atoms with E-state index in [0.29, 0.717) is 5.56 Å². The number of nitrogen functional groups attached to an aromatic ring is 1. The number of hydrogen-bond donors (Lipinski definition) is 2. The van der Waals surface area contributed by atoms with Gasteiger partial charge >= 0.3 is 6.09 Å². The molecule has 0 aliphatic carbocycles. The molecule has 0 heterocycles. The number of benzene rings is 1. The molecule has 0 aliphatic rings. The zero-order valence-corrected chi connectivity index (χ0v) is 12.0. The molecular weight excluding hydrogens is 247 g/mol. The van der Waals surface area contributed by atoms with Crippen molar-refractivity contribution in [3.05, 3.63) is 29.6 Å². The fraction of sp³-hybridized carbons (Fsp3) is 0.500. The number of ether oxygens (including phenoxy) is 1. The summed E-state index contributed by atoms with van der Waals surface area (Å²) in [6, 6.07) is 4.37. The fourth-order valence-corrected chi connectivity index (χ4v) is 1.56. The maximum absolute atomic E-state index is 13.1. The molecule has 1 aromatic rings. The van der Waals surface area contributed by atoms with Crippen LogP contribution in [0.25, 0.3) is 0 Å². The number of alkyl carbamates (subject to hydrolysis) is 1. The van der Waals surface area contributed by atoms with Gasteiger partial charge in [-0.15, -0.1) is 0 Å². The molecule has 0 spiro atoms. The summed E-state index contributed by atoms with van der Waals surface area (Å²) in [6.45, 7) is 8.95. The van der Waals surface area contributed by atoms with E-state index in [1.165, 1.54) is 12.1 Å². The van der Waals surface area contributed by atoms with Crippen molar-refractivity contribution in [1.82, 2.24) is 5.32 Å². The molecule has 19 heavy (non-hydrogen) atoms. The molecule has 106 valence electrons. The molecule has 1 aromatic carbocycles. The van der Waals surface area contributed by atoms with Crippen LogP contribution in [0.3, 0.4) is 0 Å². The van der Waals surface area contributed by atoms with Gasteiger partial charge < -0.3 is 15.8 Å². The average molecular weight is 268 g/mol. The first-order valence-corrected chi connectivity index (χ1v) is 6.08. The quantitative estimate of drug-likeness (QED) is 0.810. The highest BCUT2D eigenvalue weighted by molar-refractivity contribution is 5.69. The van der Waals surface area contributed by atoms with Crippen molar-refractivity contribution < 1.29 is 13.9 Å². The molecule has 0 fully saturated rings. The molecule has 5 heteroatoms. The Morgan fingerprint density at radius 1 is 1.26 bits per heavy atom. The number of carbonyl (C=O) groups is 1. The van der Waals surface area contributed by atoms with Crippen LogP contribution in [0.4, 0.5) is 14.9 Å². The Morgan fingerprint density at radius 3 is 2.32 bits per heavy atom. The number of amides is 1. The summed E-state index contributed by atoms with van der Waals surface area (Å²) >= 11 is 0. The van der Waals surface area contributed by atoms with Gasteiger partial charge in [0.05, 0.1) is 11.2 Å². The lowest BCUT2D eigenvalue weighted by Gasteiger charge is -2.29. The standard InChI is InChI=1S/C14H21FN2O2/c1-13(2,3)19-12(18)17-14(4,5)9-6-7-10(15)11(16)8-9/h6-8H,16H2,1-5H3,(H,17,18). The van der Waals surface area contributed by atoms with Crippen molar-refractivity contribution in [3.63, 3.8) is 0 Å². The first-order chi connectivity index (χ1) is 8.51. The highest BCUT2D eigenvalue weighted by Crippen LogP contribution is 2.24. The third-order valence-electron chi connectivity index (χ3n) is 2.53. The van der Waals surface area contributed by atoms with Gasteiger partial charge in [-0.05, 0) is 52.3 Å². The zero-order chi connectivity index (χ0) is 14.8. The monoisotopic (exact) mass is 268 g/mol.